The molecule has 0 spiro atoms. The van der Waals surface area contributed by atoms with Gasteiger partial charge in [-0.3, -0.25) is 9.48 Å². The molecule has 1 heterocycles. The summed E-state index contributed by atoms with van der Waals surface area (Å²) in [5.41, 5.74) is 0.339. The molecular weight excluding hydrogens is 330 g/mol. The van der Waals surface area contributed by atoms with Crippen molar-refractivity contribution in [3.63, 3.8) is 0 Å². The van der Waals surface area contributed by atoms with Crippen LogP contribution in [-0.2, 0) is 16.6 Å². The SMILES string of the molecule is CCN(C)C(=O)c1cccc(S(=O)(=O)N[C@H](C)Cn2cncn2)c1. The molecule has 2 aromatic rings. The molecule has 2 rings (SSSR count). The highest BCUT2D eigenvalue weighted by Gasteiger charge is 2.20. The third-order valence-corrected chi connectivity index (χ3v) is 5.08. The second-order valence-corrected chi connectivity index (χ2v) is 7.20. The molecule has 1 atom stereocenters. The van der Waals surface area contributed by atoms with Crippen LogP contribution in [0.1, 0.15) is 24.2 Å². The molecule has 1 aromatic heterocycles. The van der Waals surface area contributed by atoms with Crippen LogP contribution in [0.15, 0.2) is 41.8 Å². The van der Waals surface area contributed by atoms with Crippen molar-refractivity contribution < 1.29 is 13.2 Å². The van der Waals surface area contributed by atoms with Crippen molar-refractivity contribution in [1.82, 2.24) is 24.4 Å². The van der Waals surface area contributed by atoms with Crippen molar-refractivity contribution in [3.8, 4) is 0 Å². The quantitative estimate of drug-likeness (QED) is 0.793. The minimum Gasteiger partial charge on any atom is -0.342 e. The average molecular weight is 351 g/mol. The molecule has 0 bridgehead atoms. The van der Waals surface area contributed by atoms with Gasteiger partial charge in [-0.05, 0) is 32.0 Å². The summed E-state index contributed by atoms with van der Waals surface area (Å²) in [4.78, 5) is 17.6. The van der Waals surface area contributed by atoms with Crippen LogP contribution in [-0.4, -0.2) is 53.6 Å². The number of hydrogen-bond donors (Lipinski definition) is 1. The minimum absolute atomic E-state index is 0.0586. The maximum absolute atomic E-state index is 12.5. The standard InChI is InChI=1S/C15H21N5O3S/c1-4-19(3)15(21)13-6-5-7-14(8-13)24(22,23)18-12(2)9-20-11-16-10-17-20/h5-8,10-12,18H,4,9H2,1-3H3/t12-/m1/s1. The Kier molecular flexibility index (Phi) is 5.68. The molecular formula is C15H21N5O3S. The number of aromatic nitrogens is 3. The molecule has 0 aliphatic carbocycles. The number of hydrogen-bond acceptors (Lipinski definition) is 5. The van der Waals surface area contributed by atoms with Crippen LogP contribution in [0.3, 0.4) is 0 Å². The van der Waals surface area contributed by atoms with E-state index in [0.29, 0.717) is 18.7 Å². The van der Waals surface area contributed by atoms with E-state index in [0.717, 1.165) is 0 Å². The van der Waals surface area contributed by atoms with Crippen LogP contribution in [0.4, 0.5) is 0 Å². The highest BCUT2D eigenvalue weighted by Crippen LogP contribution is 2.13. The lowest BCUT2D eigenvalue weighted by molar-refractivity contribution is 0.0802. The summed E-state index contributed by atoms with van der Waals surface area (Å²) in [6, 6.07) is 5.64. The number of amides is 1. The summed E-state index contributed by atoms with van der Waals surface area (Å²) in [5, 5.41) is 3.95. The summed E-state index contributed by atoms with van der Waals surface area (Å²) < 4.78 is 29.1. The largest absolute Gasteiger partial charge is 0.342 e. The molecule has 0 radical (unpaired) electrons. The molecule has 130 valence electrons. The fourth-order valence-electron chi connectivity index (χ4n) is 2.14. The van der Waals surface area contributed by atoms with E-state index in [1.165, 1.54) is 29.7 Å². The van der Waals surface area contributed by atoms with E-state index in [1.54, 1.807) is 30.8 Å². The van der Waals surface area contributed by atoms with Gasteiger partial charge in [-0.25, -0.2) is 18.1 Å². The van der Waals surface area contributed by atoms with Gasteiger partial charge in [0.15, 0.2) is 0 Å². The number of sulfonamides is 1. The molecule has 1 aromatic carbocycles. The van der Waals surface area contributed by atoms with Crippen molar-refractivity contribution in [2.45, 2.75) is 31.3 Å². The summed E-state index contributed by atoms with van der Waals surface area (Å²) >= 11 is 0. The second-order valence-electron chi connectivity index (χ2n) is 5.49. The smallest absolute Gasteiger partial charge is 0.253 e. The average Bonchev–Trinajstić information content (AvgIpc) is 3.05. The Balaban J connectivity index is 2.15. The number of rotatable bonds is 7. The Morgan fingerprint density at radius 1 is 1.42 bits per heavy atom. The lowest BCUT2D eigenvalue weighted by Gasteiger charge is -2.16. The lowest BCUT2D eigenvalue weighted by Crippen LogP contribution is -2.36. The normalized spacial score (nSPS) is 12.8. The zero-order chi connectivity index (χ0) is 17.7. The predicted molar refractivity (Wildman–Crippen MR) is 88.9 cm³/mol. The van der Waals surface area contributed by atoms with E-state index in [9.17, 15) is 13.2 Å². The summed E-state index contributed by atoms with van der Waals surface area (Å²) in [5.74, 6) is -0.217. The van der Waals surface area contributed by atoms with Crippen LogP contribution in [0.5, 0.6) is 0 Å². The molecule has 0 fully saturated rings. The Labute approximate surface area is 141 Å². The van der Waals surface area contributed by atoms with Crippen LogP contribution >= 0.6 is 0 Å². The summed E-state index contributed by atoms with van der Waals surface area (Å²) in [7, 11) is -2.06. The van der Waals surface area contributed by atoms with Gasteiger partial charge >= 0.3 is 0 Å². The summed E-state index contributed by atoms with van der Waals surface area (Å²) in [6.45, 7) is 4.49. The maximum atomic E-state index is 12.5. The summed E-state index contributed by atoms with van der Waals surface area (Å²) in [6.07, 6.45) is 2.91. The van der Waals surface area contributed by atoms with E-state index in [1.807, 2.05) is 6.92 Å². The van der Waals surface area contributed by atoms with Crippen LogP contribution in [0.2, 0.25) is 0 Å². The van der Waals surface area contributed by atoms with Gasteiger partial charge in [0.2, 0.25) is 10.0 Å². The second kappa shape index (κ2) is 7.54. The van der Waals surface area contributed by atoms with E-state index < -0.39 is 10.0 Å². The molecule has 8 nitrogen and oxygen atoms in total. The lowest BCUT2D eigenvalue weighted by atomic mass is 10.2. The fraction of sp³-hybridized carbons (Fsp3) is 0.400. The van der Waals surface area contributed by atoms with Gasteiger partial charge in [0.05, 0.1) is 11.4 Å². The molecule has 0 saturated carbocycles. The maximum Gasteiger partial charge on any atom is 0.253 e. The predicted octanol–water partition coefficient (Wildman–Crippen LogP) is 0.737. The van der Waals surface area contributed by atoms with Gasteiger partial charge in [0, 0.05) is 25.2 Å². The monoisotopic (exact) mass is 351 g/mol. The van der Waals surface area contributed by atoms with E-state index in [-0.39, 0.29) is 16.8 Å². The van der Waals surface area contributed by atoms with E-state index in [2.05, 4.69) is 14.8 Å². The van der Waals surface area contributed by atoms with Crippen LogP contribution < -0.4 is 4.72 Å². The molecule has 1 N–H and O–H groups in total. The van der Waals surface area contributed by atoms with Crippen LogP contribution in [0, 0.1) is 0 Å². The zero-order valence-electron chi connectivity index (χ0n) is 13.9. The molecule has 0 saturated heterocycles. The first-order chi connectivity index (χ1) is 11.3. The number of nitrogens with zero attached hydrogens (tertiary/aromatic N) is 4. The Morgan fingerprint density at radius 2 is 2.17 bits per heavy atom. The zero-order valence-corrected chi connectivity index (χ0v) is 14.7. The molecule has 24 heavy (non-hydrogen) atoms. The Hall–Kier alpha value is -2.26. The van der Waals surface area contributed by atoms with Gasteiger partial charge in [-0.15, -0.1) is 0 Å². The van der Waals surface area contributed by atoms with Gasteiger partial charge in [0.25, 0.3) is 5.91 Å². The topological polar surface area (TPSA) is 97.2 Å². The van der Waals surface area contributed by atoms with Crippen molar-refractivity contribution in [1.29, 1.82) is 0 Å². The highest BCUT2D eigenvalue weighted by atomic mass is 32.2. The molecule has 9 heteroatoms. The van der Waals surface area contributed by atoms with Crippen molar-refractivity contribution >= 4 is 15.9 Å². The van der Waals surface area contributed by atoms with Gasteiger partial charge in [0.1, 0.15) is 12.7 Å². The third-order valence-electron chi connectivity index (χ3n) is 3.50. The fourth-order valence-corrected chi connectivity index (χ4v) is 3.42. The minimum atomic E-state index is -3.73. The first-order valence-electron chi connectivity index (χ1n) is 7.53. The van der Waals surface area contributed by atoms with Gasteiger partial charge in [-0.2, -0.15) is 5.10 Å². The Morgan fingerprint density at radius 3 is 2.79 bits per heavy atom. The number of nitrogens with one attached hydrogen (secondary N) is 1. The van der Waals surface area contributed by atoms with Crippen molar-refractivity contribution in [2.24, 2.45) is 0 Å². The third kappa shape index (κ3) is 4.39. The van der Waals surface area contributed by atoms with Gasteiger partial charge in [-0.1, -0.05) is 6.07 Å². The van der Waals surface area contributed by atoms with Crippen LogP contribution in [0.25, 0.3) is 0 Å². The molecule has 1 amide bonds. The Bertz CT molecular complexity index is 789. The first kappa shape index (κ1) is 18.1. The molecule has 0 aliphatic heterocycles. The van der Waals surface area contributed by atoms with Crippen molar-refractivity contribution in [2.75, 3.05) is 13.6 Å². The number of benzene rings is 1. The molecule has 0 aliphatic rings. The van der Waals surface area contributed by atoms with Gasteiger partial charge < -0.3 is 4.90 Å². The van der Waals surface area contributed by atoms with E-state index in [4.69, 9.17) is 0 Å². The number of carbonyl (C=O) groups excluding carboxylic acids is 1. The number of carbonyl (C=O) groups is 1. The molecule has 0 unspecified atom stereocenters. The van der Waals surface area contributed by atoms with Crippen molar-refractivity contribution in [3.05, 3.63) is 42.5 Å². The van der Waals surface area contributed by atoms with E-state index >= 15 is 0 Å². The first-order valence-corrected chi connectivity index (χ1v) is 9.02. The highest BCUT2D eigenvalue weighted by molar-refractivity contribution is 7.89.